The SMILES string of the molecule is C[N+]1(C)C(=O)CN(CCN2CCOCC2)Cc2cc(Br)cnc21. The first-order valence-corrected chi connectivity index (χ1v) is 8.81. The van der Waals surface area contributed by atoms with E-state index in [-0.39, 0.29) is 10.4 Å². The Labute approximate surface area is 145 Å². The number of amides is 1. The van der Waals surface area contributed by atoms with Crippen LogP contribution in [0.5, 0.6) is 0 Å². The molecule has 0 radical (unpaired) electrons. The Hall–Kier alpha value is -0.860. The summed E-state index contributed by atoms with van der Waals surface area (Å²) < 4.78 is 6.55. The summed E-state index contributed by atoms with van der Waals surface area (Å²) in [7, 11) is 3.85. The van der Waals surface area contributed by atoms with Crippen LogP contribution in [0.3, 0.4) is 0 Å². The monoisotopic (exact) mass is 383 g/mol. The molecule has 0 unspecified atom stereocenters. The minimum Gasteiger partial charge on any atom is -0.379 e. The molecule has 1 aromatic rings. The smallest absolute Gasteiger partial charge is 0.333 e. The van der Waals surface area contributed by atoms with Gasteiger partial charge in [0.15, 0.2) is 0 Å². The first-order chi connectivity index (χ1) is 11.0. The molecule has 6 nitrogen and oxygen atoms in total. The lowest BCUT2D eigenvalue weighted by molar-refractivity contribution is -0.129. The molecular formula is C16H24BrN4O2+. The highest BCUT2D eigenvalue weighted by molar-refractivity contribution is 9.10. The van der Waals surface area contributed by atoms with Crippen LogP contribution in [0.1, 0.15) is 5.56 Å². The zero-order chi connectivity index (χ0) is 16.4. The fourth-order valence-corrected chi connectivity index (χ4v) is 3.52. The van der Waals surface area contributed by atoms with E-state index < -0.39 is 0 Å². The number of halogens is 1. The summed E-state index contributed by atoms with van der Waals surface area (Å²) in [5, 5.41) is 0. The molecule has 1 amide bonds. The second-order valence-corrected chi connectivity index (χ2v) is 7.56. The molecule has 3 heterocycles. The molecule has 0 saturated carbocycles. The van der Waals surface area contributed by atoms with Crippen molar-refractivity contribution in [1.82, 2.24) is 19.3 Å². The van der Waals surface area contributed by atoms with Crippen molar-refractivity contribution in [3.05, 3.63) is 22.3 Å². The molecule has 0 atom stereocenters. The molecule has 1 saturated heterocycles. The molecule has 23 heavy (non-hydrogen) atoms. The van der Waals surface area contributed by atoms with Crippen LogP contribution in [-0.2, 0) is 16.1 Å². The fourth-order valence-electron chi connectivity index (χ4n) is 3.14. The summed E-state index contributed by atoms with van der Waals surface area (Å²) in [6, 6.07) is 2.09. The van der Waals surface area contributed by atoms with Crippen LogP contribution in [0.25, 0.3) is 0 Å². The quantitative estimate of drug-likeness (QED) is 0.731. The van der Waals surface area contributed by atoms with Crippen LogP contribution in [0.2, 0.25) is 0 Å². The molecule has 7 heteroatoms. The molecule has 1 aromatic heterocycles. The average molecular weight is 384 g/mol. The number of pyridine rings is 1. The first kappa shape index (κ1) is 17.0. The molecule has 0 aliphatic carbocycles. The molecular weight excluding hydrogens is 360 g/mol. The van der Waals surface area contributed by atoms with Gasteiger partial charge in [-0.3, -0.25) is 9.80 Å². The van der Waals surface area contributed by atoms with E-state index in [2.05, 4.69) is 36.8 Å². The van der Waals surface area contributed by atoms with Crippen LogP contribution in [0, 0.1) is 0 Å². The third-order valence-corrected chi connectivity index (χ3v) is 5.09. The number of carbonyl (C=O) groups excluding carboxylic acids is 1. The number of hydrogen-bond donors (Lipinski definition) is 0. The summed E-state index contributed by atoms with van der Waals surface area (Å²) in [4.78, 5) is 21.8. The summed E-state index contributed by atoms with van der Waals surface area (Å²) >= 11 is 3.50. The number of carbonyl (C=O) groups is 1. The van der Waals surface area contributed by atoms with Crippen molar-refractivity contribution >= 4 is 27.7 Å². The molecule has 0 spiro atoms. The van der Waals surface area contributed by atoms with Gasteiger partial charge in [-0.05, 0) is 22.0 Å². The lowest BCUT2D eigenvalue weighted by Gasteiger charge is -2.29. The second-order valence-electron chi connectivity index (χ2n) is 6.65. The standard InChI is InChI=1S/C16H24BrN4O2/c1-21(2)15(22)12-20(4-3-19-5-7-23-8-6-19)11-13-9-14(17)10-18-16(13)21/h9-10H,3-8,11-12H2,1-2H3/q+1. The Morgan fingerprint density at radius 1 is 1.22 bits per heavy atom. The number of nitrogens with zero attached hydrogens (tertiary/aromatic N) is 4. The molecule has 2 aliphatic heterocycles. The number of quaternary nitrogens is 1. The molecule has 0 N–H and O–H groups in total. The number of aromatic nitrogens is 1. The van der Waals surface area contributed by atoms with E-state index in [0.29, 0.717) is 6.54 Å². The number of morpholine rings is 1. The van der Waals surface area contributed by atoms with E-state index in [1.165, 1.54) is 0 Å². The van der Waals surface area contributed by atoms with Crippen molar-refractivity contribution < 1.29 is 9.53 Å². The van der Waals surface area contributed by atoms with Gasteiger partial charge in [-0.2, -0.15) is 0 Å². The van der Waals surface area contributed by atoms with E-state index >= 15 is 0 Å². The van der Waals surface area contributed by atoms with E-state index in [1.54, 1.807) is 6.20 Å². The van der Waals surface area contributed by atoms with Crippen molar-refractivity contribution in [2.45, 2.75) is 6.54 Å². The van der Waals surface area contributed by atoms with Gasteiger partial charge in [0.1, 0.15) is 6.54 Å². The number of ether oxygens (including phenoxy) is 1. The van der Waals surface area contributed by atoms with Gasteiger partial charge in [-0.25, -0.2) is 14.3 Å². The summed E-state index contributed by atoms with van der Waals surface area (Å²) in [6.45, 7) is 6.66. The van der Waals surface area contributed by atoms with Crippen molar-refractivity contribution in [2.24, 2.45) is 0 Å². The van der Waals surface area contributed by atoms with E-state index in [4.69, 9.17) is 4.74 Å². The van der Waals surface area contributed by atoms with Crippen molar-refractivity contribution in [2.75, 3.05) is 60.0 Å². The highest BCUT2D eigenvalue weighted by Crippen LogP contribution is 2.28. The van der Waals surface area contributed by atoms with Crippen LogP contribution < -0.4 is 4.48 Å². The highest BCUT2D eigenvalue weighted by Gasteiger charge is 2.38. The average Bonchev–Trinajstić information content (AvgIpc) is 2.61. The Bertz CT molecular complexity index is 587. The Morgan fingerprint density at radius 2 is 1.91 bits per heavy atom. The topological polar surface area (TPSA) is 45.7 Å². The molecule has 3 rings (SSSR count). The minimum atomic E-state index is 0.181. The minimum absolute atomic E-state index is 0.181. The Morgan fingerprint density at radius 3 is 2.65 bits per heavy atom. The molecule has 0 aromatic carbocycles. The third kappa shape index (κ3) is 3.80. The van der Waals surface area contributed by atoms with Gasteiger partial charge >= 0.3 is 5.91 Å². The molecule has 1 fully saturated rings. The van der Waals surface area contributed by atoms with E-state index in [9.17, 15) is 4.79 Å². The van der Waals surface area contributed by atoms with E-state index in [1.807, 2.05) is 14.1 Å². The van der Waals surface area contributed by atoms with Gasteiger partial charge in [0.25, 0.3) is 0 Å². The maximum absolute atomic E-state index is 12.7. The number of fused-ring (bicyclic) bond motifs is 1. The van der Waals surface area contributed by atoms with Gasteiger partial charge in [0, 0.05) is 49.0 Å². The molecule has 0 bridgehead atoms. The summed E-state index contributed by atoms with van der Waals surface area (Å²) in [5.74, 6) is 1.03. The fraction of sp³-hybridized carbons (Fsp3) is 0.625. The predicted molar refractivity (Wildman–Crippen MR) is 93.1 cm³/mol. The number of hydrogen-bond acceptors (Lipinski definition) is 5. The lowest BCUT2D eigenvalue weighted by atomic mass is 10.2. The number of rotatable bonds is 3. The first-order valence-electron chi connectivity index (χ1n) is 8.01. The highest BCUT2D eigenvalue weighted by atomic mass is 79.9. The van der Waals surface area contributed by atoms with E-state index in [0.717, 1.165) is 61.8 Å². The third-order valence-electron chi connectivity index (χ3n) is 4.65. The molecule has 2 aliphatic rings. The Balaban J connectivity index is 1.75. The number of likely N-dealkylation sites (N-methyl/N-ethyl adjacent to an activating group) is 1. The van der Waals surface area contributed by atoms with Crippen molar-refractivity contribution in [3.63, 3.8) is 0 Å². The predicted octanol–water partition coefficient (Wildman–Crippen LogP) is 1.09. The van der Waals surface area contributed by atoms with Gasteiger partial charge in [-0.15, -0.1) is 0 Å². The van der Waals surface area contributed by atoms with Crippen LogP contribution in [0.15, 0.2) is 16.7 Å². The lowest BCUT2D eigenvalue weighted by Crippen LogP contribution is -2.51. The Kier molecular flexibility index (Phi) is 5.13. The van der Waals surface area contributed by atoms with Gasteiger partial charge < -0.3 is 4.74 Å². The molecule has 126 valence electrons. The summed E-state index contributed by atoms with van der Waals surface area (Å²) in [6.07, 6.45) is 1.77. The zero-order valence-electron chi connectivity index (χ0n) is 13.8. The maximum atomic E-state index is 12.7. The van der Waals surface area contributed by atoms with Gasteiger partial charge in [-0.1, -0.05) is 0 Å². The van der Waals surface area contributed by atoms with Crippen LogP contribution in [0.4, 0.5) is 5.82 Å². The van der Waals surface area contributed by atoms with Crippen molar-refractivity contribution in [1.29, 1.82) is 0 Å². The van der Waals surface area contributed by atoms with Crippen LogP contribution >= 0.6 is 15.9 Å². The maximum Gasteiger partial charge on any atom is 0.333 e. The second kappa shape index (κ2) is 6.94. The van der Waals surface area contributed by atoms with Crippen LogP contribution in [-0.4, -0.2) is 80.7 Å². The van der Waals surface area contributed by atoms with Gasteiger partial charge in [0.2, 0.25) is 5.82 Å². The summed E-state index contributed by atoms with van der Waals surface area (Å²) in [5.41, 5.74) is 1.12. The normalized spacial score (nSPS) is 22.7. The largest absolute Gasteiger partial charge is 0.379 e. The zero-order valence-corrected chi connectivity index (χ0v) is 15.4. The van der Waals surface area contributed by atoms with Crippen molar-refractivity contribution in [3.8, 4) is 0 Å². The van der Waals surface area contributed by atoms with Gasteiger partial charge in [0.05, 0.1) is 27.3 Å².